The third-order valence-electron chi connectivity index (χ3n) is 6.62. The lowest BCUT2D eigenvalue weighted by Crippen LogP contribution is -2.35. The van der Waals surface area contributed by atoms with Crippen molar-refractivity contribution in [2.75, 3.05) is 12.1 Å². The Bertz CT molecular complexity index is 1810. The van der Waals surface area contributed by atoms with Gasteiger partial charge in [-0.15, -0.1) is 0 Å². The Morgan fingerprint density at radius 3 is 2.52 bits per heavy atom. The summed E-state index contributed by atoms with van der Waals surface area (Å²) in [5, 5.41) is 9.57. The summed E-state index contributed by atoms with van der Waals surface area (Å²) in [5.41, 5.74) is -2.57. The molecule has 9 nitrogen and oxygen atoms in total. The van der Waals surface area contributed by atoms with Gasteiger partial charge in [-0.25, -0.2) is 17.5 Å². The van der Waals surface area contributed by atoms with Crippen LogP contribution < -0.4 is 15.3 Å². The Morgan fingerprint density at radius 1 is 1.18 bits per heavy atom. The van der Waals surface area contributed by atoms with E-state index in [1.54, 1.807) is 0 Å². The van der Waals surface area contributed by atoms with Gasteiger partial charge < -0.3 is 9.55 Å². The van der Waals surface area contributed by atoms with Crippen LogP contribution >= 0.6 is 0 Å². The third-order valence-corrected chi connectivity index (χ3v) is 8.44. The lowest BCUT2D eigenvalue weighted by molar-refractivity contribution is -0.137. The number of nitrogens with zero attached hydrogens (tertiary/aromatic N) is 2. The molecule has 1 saturated carbocycles. The van der Waals surface area contributed by atoms with Gasteiger partial charge in [0, 0.05) is 40.8 Å². The van der Waals surface area contributed by atoms with Crippen LogP contribution in [0.4, 0.5) is 23.2 Å². The van der Waals surface area contributed by atoms with Gasteiger partial charge in [-0.05, 0) is 61.4 Å². The van der Waals surface area contributed by atoms with Crippen molar-refractivity contribution < 1.29 is 36.0 Å². The fourth-order valence-corrected chi connectivity index (χ4v) is 5.79. The molecular formula is C26H22F4N4O5S. The van der Waals surface area contributed by atoms with Gasteiger partial charge in [0.1, 0.15) is 11.5 Å². The number of benzene rings is 2. The van der Waals surface area contributed by atoms with E-state index in [2.05, 4.69) is 4.98 Å². The Labute approximate surface area is 224 Å². The predicted molar refractivity (Wildman–Crippen MR) is 138 cm³/mol. The Balaban J connectivity index is 1.83. The molecule has 5 rings (SSSR count). The van der Waals surface area contributed by atoms with Crippen LogP contribution in [0, 0.1) is 5.82 Å². The molecule has 1 amide bonds. The first-order valence-corrected chi connectivity index (χ1v) is 13.5. The van der Waals surface area contributed by atoms with Crippen LogP contribution in [-0.4, -0.2) is 41.4 Å². The second kappa shape index (κ2) is 9.78. The molecule has 1 fully saturated rings. The molecule has 2 aromatic heterocycles. The standard InChI is InChI=1S/C26H22F4N4O5S/c1-33(37)16-5-8-20(27)14(11-16)13-34-21-9-4-15(26(28,29)30)12-19(21)22(18-3-2-10-31-24(18)35)23(34)25(36)32-40(38,39)17-6-7-17/h2-5,8-12,17,37H,6-7,13H2,1H3,(H,31,35)(H,32,36). The third kappa shape index (κ3) is 5.07. The van der Waals surface area contributed by atoms with E-state index in [9.17, 15) is 40.8 Å². The van der Waals surface area contributed by atoms with Crippen molar-refractivity contribution in [2.24, 2.45) is 0 Å². The van der Waals surface area contributed by atoms with Crippen LogP contribution in [0.3, 0.4) is 0 Å². The first-order valence-electron chi connectivity index (χ1n) is 12.0. The van der Waals surface area contributed by atoms with Crippen molar-refractivity contribution in [1.82, 2.24) is 14.3 Å². The quantitative estimate of drug-likeness (QED) is 0.223. The number of pyridine rings is 1. The number of hydrogen-bond donors (Lipinski definition) is 3. The first kappa shape index (κ1) is 27.4. The summed E-state index contributed by atoms with van der Waals surface area (Å²) in [7, 11) is -2.83. The summed E-state index contributed by atoms with van der Waals surface area (Å²) in [6.07, 6.45) is -2.83. The molecule has 1 aliphatic carbocycles. The van der Waals surface area contributed by atoms with Crippen LogP contribution in [0.5, 0.6) is 0 Å². The van der Waals surface area contributed by atoms with Gasteiger partial charge in [0.2, 0.25) is 10.0 Å². The summed E-state index contributed by atoms with van der Waals surface area (Å²) < 4.78 is 84.6. The molecule has 3 N–H and O–H groups in total. The number of hydroxylamine groups is 1. The van der Waals surface area contributed by atoms with Crippen molar-refractivity contribution in [3.63, 3.8) is 0 Å². The highest BCUT2D eigenvalue weighted by Gasteiger charge is 2.39. The number of carbonyl (C=O) groups excluding carboxylic acids is 1. The van der Waals surface area contributed by atoms with Crippen LogP contribution in [0.1, 0.15) is 34.5 Å². The van der Waals surface area contributed by atoms with Crippen LogP contribution in [0.2, 0.25) is 0 Å². The zero-order valence-corrected chi connectivity index (χ0v) is 21.6. The number of aromatic nitrogens is 2. The zero-order chi connectivity index (χ0) is 29.0. The van der Waals surface area contributed by atoms with E-state index in [1.807, 2.05) is 4.72 Å². The van der Waals surface area contributed by atoms with Gasteiger partial charge in [-0.3, -0.25) is 19.9 Å². The van der Waals surface area contributed by atoms with Crippen molar-refractivity contribution in [1.29, 1.82) is 0 Å². The average molecular weight is 579 g/mol. The summed E-state index contributed by atoms with van der Waals surface area (Å²) in [5.74, 6) is -1.94. The number of rotatable bonds is 7. The number of aromatic amines is 1. The number of nitrogens with one attached hydrogen (secondary N) is 2. The highest BCUT2D eigenvalue weighted by molar-refractivity contribution is 7.91. The number of hydrogen-bond acceptors (Lipinski definition) is 6. The van der Waals surface area contributed by atoms with Crippen LogP contribution in [0.25, 0.3) is 22.0 Å². The minimum absolute atomic E-state index is 0.0161. The summed E-state index contributed by atoms with van der Waals surface area (Å²) in [6, 6.07) is 8.90. The fraction of sp³-hybridized carbons (Fsp3) is 0.231. The molecule has 0 unspecified atom stereocenters. The maximum Gasteiger partial charge on any atom is 0.416 e. The smallest absolute Gasteiger partial charge is 0.331 e. The zero-order valence-electron chi connectivity index (χ0n) is 20.8. The number of amides is 1. The molecular weight excluding hydrogens is 556 g/mol. The maximum absolute atomic E-state index is 14.9. The number of H-pyrrole nitrogens is 1. The van der Waals surface area contributed by atoms with Gasteiger partial charge >= 0.3 is 6.18 Å². The number of halogens is 4. The van der Waals surface area contributed by atoms with Crippen molar-refractivity contribution in [3.05, 3.63) is 87.7 Å². The minimum Gasteiger partial charge on any atom is -0.331 e. The van der Waals surface area contributed by atoms with E-state index in [0.717, 1.165) is 33.9 Å². The van der Waals surface area contributed by atoms with Crippen molar-refractivity contribution in [3.8, 4) is 11.1 Å². The predicted octanol–water partition coefficient (Wildman–Crippen LogP) is 4.25. The molecule has 0 aliphatic heterocycles. The number of anilines is 1. The molecule has 0 bridgehead atoms. The minimum atomic E-state index is -4.78. The van der Waals surface area contributed by atoms with Gasteiger partial charge in [-0.1, -0.05) is 0 Å². The van der Waals surface area contributed by atoms with Crippen molar-refractivity contribution in [2.45, 2.75) is 30.8 Å². The first-order chi connectivity index (χ1) is 18.8. The van der Waals surface area contributed by atoms with Crippen LogP contribution in [0.15, 0.2) is 59.5 Å². The fourth-order valence-electron chi connectivity index (χ4n) is 4.52. The lowest BCUT2D eigenvalue weighted by Gasteiger charge is -2.16. The van der Waals surface area contributed by atoms with Gasteiger partial charge in [0.05, 0.1) is 23.0 Å². The largest absolute Gasteiger partial charge is 0.416 e. The second-order valence-corrected chi connectivity index (χ2v) is 11.4. The maximum atomic E-state index is 14.9. The van der Waals surface area contributed by atoms with Gasteiger partial charge in [-0.2, -0.15) is 13.2 Å². The Morgan fingerprint density at radius 2 is 1.90 bits per heavy atom. The van der Waals surface area contributed by atoms with E-state index < -0.39 is 56.5 Å². The highest BCUT2D eigenvalue weighted by atomic mass is 32.2. The monoisotopic (exact) mass is 578 g/mol. The van der Waals surface area contributed by atoms with Crippen LogP contribution in [-0.2, 0) is 22.7 Å². The second-order valence-electron chi connectivity index (χ2n) is 9.43. The Hall–Kier alpha value is -4.17. The van der Waals surface area contributed by atoms with E-state index >= 15 is 0 Å². The van der Waals surface area contributed by atoms with E-state index in [4.69, 9.17) is 0 Å². The van der Waals surface area contributed by atoms with Gasteiger partial charge in [0.25, 0.3) is 11.5 Å². The summed E-state index contributed by atoms with van der Waals surface area (Å²) in [4.78, 5) is 28.9. The van der Waals surface area contributed by atoms with Crippen molar-refractivity contribution >= 4 is 32.5 Å². The normalized spacial score (nSPS) is 13.9. The van der Waals surface area contributed by atoms with E-state index in [1.165, 1.54) is 37.5 Å². The molecule has 14 heteroatoms. The van der Waals surface area contributed by atoms with E-state index in [0.29, 0.717) is 12.8 Å². The Kier molecular flexibility index (Phi) is 6.70. The number of carbonyl (C=O) groups is 1. The molecule has 0 atom stereocenters. The highest BCUT2D eigenvalue weighted by Crippen LogP contribution is 2.39. The SMILES string of the molecule is CN(O)c1ccc(F)c(Cn2c(C(=O)NS(=O)(=O)C3CC3)c(-c3ccc[nH]c3=O)c3cc(C(F)(F)F)ccc32)c1. The molecule has 0 radical (unpaired) electrons. The number of fused-ring (bicyclic) bond motifs is 1. The molecule has 4 aromatic rings. The number of sulfonamides is 1. The molecule has 0 spiro atoms. The topological polar surface area (TPSA) is 124 Å². The summed E-state index contributed by atoms with van der Waals surface area (Å²) >= 11 is 0. The lowest BCUT2D eigenvalue weighted by atomic mass is 10.0. The molecule has 210 valence electrons. The molecule has 40 heavy (non-hydrogen) atoms. The van der Waals surface area contributed by atoms with E-state index in [-0.39, 0.29) is 33.3 Å². The molecule has 2 heterocycles. The molecule has 1 aliphatic rings. The average Bonchev–Trinajstić information content (AvgIpc) is 3.69. The summed E-state index contributed by atoms with van der Waals surface area (Å²) in [6.45, 7) is -0.452. The molecule has 0 saturated heterocycles. The molecule has 2 aromatic carbocycles. The number of alkyl halides is 3. The van der Waals surface area contributed by atoms with Gasteiger partial charge in [0.15, 0.2) is 0 Å².